The van der Waals surface area contributed by atoms with Crippen LogP contribution in [0.15, 0.2) is 78.2 Å². The van der Waals surface area contributed by atoms with Crippen LogP contribution in [0.2, 0.25) is 0 Å². The van der Waals surface area contributed by atoms with Crippen molar-refractivity contribution in [2.75, 3.05) is 48.8 Å². The lowest BCUT2D eigenvalue weighted by atomic mass is 10.2. The third kappa shape index (κ3) is 5.48. The number of aromatic nitrogens is 3. The van der Waals surface area contributed by atoms with Crippen LogP contribution in [0.3, 0.4) is 0 Å². The number of pyridine rings is 1. The first-order chi connectivity index (χ1) is 18.8. The first kappa shape index (κ1) is 25.6. The van der Waals surface area contributed by atoms with Crippen LogP contribution in [-0.4, -0.2) is 64.5 Å². The maximum absolute atomic E-state index is 12.8. The van der Waals surface area contributed by atoms with Gasteiger partial charge in [-0.2, -0.15) is 4.98 Å². The van der Waals surface area contributed by atoms with Crippen LogP contribution in [0.4, 0.5) is 23.0 Å². The fraction of sp³-hybridized carbons (Fsp3) is 0.179. The van der Waals surface area contributed by atoms with E-state index in [-0.39, 0.29) is 28.6 Å². The molecule has 2 aromatic heterocycles. The fourth-order valence-electron chi connectivity index (χ4n) is 4.47. The van der Waals surface area contributed by atoms with Crippen LogP contribution in [0.1, 0.15) is 10.5 Å². The molecule has 3 heterocycles. The number of carbonyl (C=O) groups is 2. The van der Waals surface area contributed by atoms with E-state index in [0.717, 1.165) is 49.7 Å². The molecular formula is C28H28N8O3. The molecule has 11 heteroatoms. The minimum atomic E-state index is -0.804. The van der Waals surface area contributed by atoms with Crippen molar-refractivity contribution in [1.82, 2.24) is 19.4 Å². The van der Waals surface area contributed by atoms with Gasteiger partial charge in [-0.05, 0) is 55.6 Å². The largest absolute Gasteiger partial charge is 0.369 e. The maximum atomic E-state index is 12.8. The Morgan fingerprint density at radius 3 is 2.44 bits per heavy atom. The topological polar surface area (TPSA) is 138 Å². The molecule has 0 aliphatic carbocycles. The average Bonchev–Trinajstić information content (AvgIpc) is 2.94. The molecule has 1 aliphatic heterocycles. The number of benzene rings is 2. The number of anilines is 4. The highest BCUT2D eigenvalue weighted by atomic mass is 16.2. The molecule has 0 saturated carbocycles. The first-order valence-corrected chi connectivity index (χ1v) is 12.4. The van der Waals surface area contributed by atoms with Crippen molar-refractivity contribution in [2.24, 2.45) is 5.73 Å². The number of likely N-dealkylation sites (N-methyl/N-ethyl adjacent to an activating group) is 1. The van der Waals surface area contributed by atoms with Gasteiger partial charge in [-0.3, -0.25) is 19.0 Å². The molecule has 1 fully saturated rings. The lowest BCUT2D eigenvalue weighted by Gasteiger charge is -2.34. The first-order valence-electron chi connectivity index (χ1n) is 12.4. The molecule has 0 spiro atoms. The smallest absolute Gasteiger partial charge is 0.265 e. The van der Waals surface area contributed by atoms with Gasteiger partial charge in [-0.15, -0.1) is 0 Å². The summed E-state index contributed by atoms with van der Waals surface area (Å²) in [5, 5.41) is 6.07. The Labute approximate surface area is 224 Å². The zero-order chi connectivity index (χ0) is 27.5. The zero-order valence-corrected chi connectivity index (χ0v) is 21.4. The monoisotopic (exact) mass is 524 g/mol. The number of nitrogens with zero attached hydrogens (tertiary/aromatic N) is 5. The van der Waals surface area contributed by atoms with Crippen LogP contribution >= 0.6 is 0 Å². The van der Waals surface area contributed by atoms with Crippen molar-refractivity contribution >= 4 is 45.9 Å². The molecule has 11 nitrogen and oxygen atoms in total. The van der Waals surface area contributed by atoms with Gasteiger partial charge in [0.05, 0.1) is 5.39 Å². The lowest BCUT2D eigenvalue weighted by molar-refractivity contribution is -0.111. The number of fused-ring (bicyclic) bond motifs is 1. The van der Waals surface area contributed by atoms with E-state index in [1.54, 1.807) is 24.3 Å². The Morgan fingerprint density at radius 1 is 1.00 bits per heavy atom. The van der Waals surface area contributed by atoms with E-state index in [1.165, 1.54) is 10.8 Å². The average molecular weight is 525 g/mol. The van der Waals surface area contributed by atoms with E-state index < -0.39 is 11.3 Å². The van der Waals surface area contributed by atoms with Crippen molar-refractivity contribution in [3.8, 4) is 5.69 Å². The summed E-state index contributed by atoms with van der Waals surface area (Å²) in [5.41, 5.74) is 8.18. The van der Waals surface area contributed by atoms with Crippen LogP contribution in [0.25, 0.3) is 16.7 Å². The molecule has 39 heavy (non-hydrogen) atoms. The predicted molar refractivity (Wildman–Crippen MR) is 152 cm³/mol. The van der Waals surface area contributed by atoms with E-state index in [1.807, 2.05) is 24.3 Å². The third-order valence-electron chi connectivity index (χ3n) is 6.56. The molecule has 2 amide bonds. The maximum Gasteiger partial charge on any atom is 0.265 e. The molecule has 4 N–H and O–H groups in total. The Balaban J connectivity index is 1.52. The van der Waals surface area contributed by atoms with Crippen molar-refractivity contribution in [2.45, 2.75) is 0 Å². The van der Waals surface area contributed by atoms with Gasteiger partial charge in [0.15, 0.2) is 11.1 Å². The van der Waals surface area contributed by atoms with E-state index in [2.05, 4.69) is 44.0 Å². The molecule has 5 rings (SSSR count). The van der Waals surface area contributed by atoms with Gasteiger partial charge < -0.3 is 26.2 Å². The molecule has 0 atom stereocenters. The molecule has 0 unspecified atom stereocenters. The second kappa shape index (κ2) is 10.8. The van der Waals surface area contributed by atoms with Crippen LogP contribution in [0.5, 0.6) is 0 Å². The summed E-state index contributed by atoms with van der Waals surface area (Å²) in [6.07, 6.45) is 2.56. The van der Waals surface area contributed by atoms with Gasteiger partial charge in [-0.25, -0.2) is 4.98 Å². The van der Waals surface area contributed by atoms with Gasteiger partial charge in [0.2, 0.25) is 11.9 Å². The summed E-state index contributed by atoms with van der Waals surface area (Å²) >= 11 is 0. The summed E-state index contributed by atoms with van der Waals surface area (Å²) in [6, 6.07) is 15.9. The molecule has 1 aliphatic rings. The highest BCUT2D eigenvalue weighted by molar-refractivity contribution is 5.99. The molecule has 4 aromatic rings. The molecule has 0 radical (unpaired) electrons. The number of amides is 2. The highest BCUT2D eigenvalue weighted by Gasteiger charge is 2.18. The van der Waals surface area contributed by atoms with E-state index in [0.29, 0.717) is 11.4 Å². The summed E-state index contributed by atoms with van der Waals surface area (Å²) in [7, 11) is 2.12. The minimum Gasteiger partial charge on any atom is -0.369 e. The Kier molecular flexibility index (Phi) is 7.06. The van der Waals surface area contributed by atoms with Crippen LogP contribution in [0, 0.1) is 0 Å². The molecule has 0 bridgehead atoms. The quantitative estimate of drug-likeness (QED) is 0.314. The van der Waals surface area contributed by atoms with Gasteiger partial charge in [0.1, 0.15) is 5.69 Å². The number of primary amides is 1. The van der Waals surface area contributed by atoms with Gasteiger partial charge in [-0.1, -0.05) is 12.6 Å². The highest BCUT2D eigenvalue weighted by Crippen LogP contribution is 2.24. The number of hydrogen-bond donors (Lipinski definition) is 3. The number of rotatable bonds is 7. The third-order valence-corrected chi connectivity index (χ3v) is 6.56. The van der Waals surface area contributed by atoms with Crippen molar-refractivity contribution in [3.63, 3.8) is 0 Å². The molecule has 198 valence electrons. The number of carbonyl (C=O) groups excluding carboxylic acids is 2. The van der Waals surface area contributed by atoms with E-state index in [4.69, 9.17) is 5.73 Å². The summed E-state index contributed by atoms with van der Waals surface area (Å²) in [4.78, 5) is 50.6. The second-order valence-electron chi connectivity index (χ2n) is 9.23. The Bertz CT molecular complexity index is 1620. The van der Waals surface area contributed by atoms with Gasteiger partial charge >= 0.3 is 0 Å². The predicted octanol–water partition coefficient (Wildman–Crippen LogP) is 2.50. The lowest BCUT2D eigenvalue weighted by Crippen LogP contribution is -2.44. The molecule has 2 aromatic carbocycles. The molecule has 1 saturated heterocycles. The van der Waals surface area contributed by atoms with E-state index in [9.17, 15) is 14.4 Å². The standard InChI is InChI=1S/C28H28N8O3/c1-3-25(38)31-19-5-4-6-21(15-19)36-23(26(29)39)16-24(37)22-17-30-28(33-27(22)36)32-18-7-9-20(10-8-18)35-13-11-34(2)12-14-35/h3-10,15-17H,1,11-14H2,2H3,(H2,29,39)(H,31,38)(H,30,32,33). The number of hydrogen-bond acceptors (Lipinski definition) is 8. The molecular weight excluding hydrogens is 496 g/mol. The van der Waals surface area contributed by atoms with Gasteiger partial charge in [0, 0.05) is 61.2 Å². The minimum absolute atomic E-state index is 0.0547. The number of piperazine rings is 1. The Hall–Kier alpha value is -5.03. The normalized spacial score (nSPS) is 13.7. The van der Waals surface area contributed by atoms with Crippen LogP contribution < -0.4 is 26.7 Å². The Morgan fingerprint density at radius 2 is 1.74 bits per heavy atom. The van der Waals surface area contributed by atoms with Crippen molar-refractivity contribution in [3.05, 3.63) is 89.4 Å². The second-order valence-corrected chi connectivity index (χ2v) is 9.23. The van der Waals surface area contributed by atoms with Gasteiger partial charge in [0.25, 0.3) is 5.91 Å². The fourth-order valence-corrected chi connectivity index (χ4v) is 4.47. The number of nitrogens with two attached hydrogens (primary N) is 1. The summed E-state index contributed by atoms with van der Waals surface area (Å²) < 4.78 is 1.48. The zero-order valence-electron chi connectivity index (χ0n) is 21.4. The SMILES string of the molecule is C=CC(=O)Nc1cccc(-n2c(C(N)=O)cc(=O)c3cnc(Nc4ccc(N5CCN(C)CC5)cc4)nc32)c1. The van der Waals surface area contributed by atoms with Crippen molar-refractivity contribution in [1.29, 1.82) is 0 Å². The van der Waals surface area contributed by atoms with Crippen molar-refractivity contribution < 1.29 is 9.59 Å². The van der Waals surface area contributed by atoms with Crippen LogP contribution in [-0.2, 0) is 4.79 Å². The summed E-state index contributed by atoms with van der Waals surface area (Å²) in [6.45, 7) is 7.43. The summed E-state index contributed by atoms with van der Waals surface area (Å²) in [5.74, 6) is -0.956. The van der Waals surface area contributed by atoms with E-state index >= 15 is 0 Å². The number of nitrogens with one attached hydrogen (secondary N) is 2.